The fourth-order valence-electron chi connectivity index (χ4n) is 1.80. The molecule has 3 rings (SSSR count). The van der Waals surface area contributed by atoms with E-state index in [1.54, 1.807) is 0 Å². The molecule has 3 nitrogen and oxygen atoms in total. The second-order valence-corrected chi connectivity index (χ2v) is 3.39. The molecule has 0 saturated heterocycles. The lowest BCUT2D eigenvalue weighted by Crippen LogP contribution is -1.79. The Kier molecular flexibility index (Phi) is 1.36. The zero-order valence-electron chi connectivity index (χ0n) is 7.78. The molecule has 0 aliphatic carbocycles. The first kappa shape index (κ1) is 7.50. The van der Waals surface area contributed by atoms with Crippen molar-refractivity contribution in [1.82, 2.24) is 15.2 Å². The van der Waals surface area contributed by atoms with E-state index in [1.165, 1.54) is 5.39 Å². The van der Waals surface area contributed by atoms with Crippen molar-refractivity contribution in [1.29, 1.82) is 0 Å². The molecular weight excluding hydrogens is 174 g/mol. The molecule has 2 aromatic heterocycles. The Labute approximate surface area is 80.8 Å². The second kappa shape index (κ2) is 2.54. The van der Waals surface area contributed by atoms with Gasteiger partial charge in [0.1, 0.15) is 0 Å². The lowest BCUT2D eigenvalue weighted by atomic mass is 10.1. The molecule has 3 aromatic rings. The van der Waals surface area contributed by atoms with Gasteiger partial charge in [0.15, 0.2) is 5.65 Å². The van der Waals surface area contributed by atoms with Crippen molar-refractivity contribution in [3.05, 3.63) is 36.2 Å². The summed E-state index contributed by atoms with van der Waals surface area (Å²) in [5.41, 5.74) is 1.87. The average Bonchev–Trinajstić information content (AvgIpc) is 2.61. The average molecular weight is 183 g/mol. The highest BCUT2D eigenvalue weighted by Gasteiger charge is 2.05. The van der Waals surface area contributed by atoms with Crippen LogP contribution in [-0.2, 0) is 0 Å². The summed E-state index contributed by atoms with van der Waals surface area (Å²) in [5.74, 6) is 0. The van der Waals surface area contributed by atoms with E-state index < -0.39 is 0 Å². The smallest absolute Gasteiger partial charge is 0.181 e. The van der Waals surface area contributed by atoms with Crippen LogP contribution in [0.2, 0.25) is 0 Å². The number of pyridine rings is 1. The molecule has 68 valence electrons. The second-order valence-electron chi connectivity index (χ2n) is 3.39. The molecule has 3 heteroatoms. The van der Waals surface area contributed by atoms with Crippen LogP contribution in [0, 0.1) is 6.92 Å². The van der Waals surface area contributed by atoms with Crippen LogP contribution in [0.1, 0.15) is 5.69 Å². The Morgan fingerprint density at radius 2 is 2.07 bits per heavy atom. The number of fused-ring (bicyclic) bond motifs is 3. The van der Waals surface area contributed by atoms with Gasteiger partial charge in [0, 0.05) is 22.7 Å². The van der Waals surface area contributed by atoms with E-state index in [-0.39, 0.29) is 0 Å². The summed E-state index contributed by atoms with van der Waals surface area (Å²) in [5, 5.41) is 10.6. The van der Waals surface area contributed by atoms with E-state index in [0.717, 1.165) is 22.1 Å². The van der Waals surface area contributed by atoms with Crippen LogP contribution >= 0.6 is 0 Å². The Morgan fingerprint density at radius 1 is 1.21 bits per heavy atom. The zero-order chi connectivity index (χ0) is 9.54. The van der Waals surface area contributed by atoms with Crippen molar-refractivity contribution in [2.24, 2.45) is 0 Å². The molecule has 0 radical (unpaired) electrons. The Hall–Kier alpha value is -1.90. The molecule has 1 aromatic carbocycles. The SMILES string of the molecule is Cc1[nH]nc2ncc3ccccc3c12. The van der Waals surface area contributed by atoms with Gasteiger partial charge in [-0.15, -0.1) is 0 Å². The molecule has 0 amide bonds. The summed E-state index contributed by atoms with van der Waals surface area (Å²) < 4.78 is 0. The van der Waals surface area contributed by atoms with Gasteiger partial charge < -0.3 is 0 Å². The summed E-state index contributed by atoms with van der Waals surface area (Å²) in [6.07, 6.45) is 1.86. The van der Waals surface area contributed by atoms with E-state index in [4.69, 9.17) is 0 Å². The highest BCUT2D eigenvalue weighted by Crippen LogP contribution is 2.23. The molecule has 0 unspecified atom stereocenters. The monoisotopic (exact) mass is 183 g/mol. The maximum atomic E-state index is 4.29. The minimum atomic E-state index is 0.793. The predicted molar refractivity (Wildman–Crippen MR) is 56.1 cm³/mol. The molecule has 0 saturated carbocycles. The summed E-state index contributed by atoms with van der Waals surface area (Å²) in [6, 6.07) is 8.22. The predicted octanol–water partition coefficient (Wildman–Crippen LogP) is 2.42. The van der Waals surface area contributed by atoms with Crippen LogP contribution in [-0.4, -0.2) is 15.2 Å². The lowest BCUT2D eigenvalue weighted by molar-refractivity contribution is 1.06. The van der Waals surface area contributed by atoms with Gasteiger partial charge >= 0.3 is 0 Å². The van der Waals surface area contributed by atoms with Gasteiger partial charge in [0.05, 0.1) is 0 Å². The van der Waals surface area contributed by atoms with Crippen LogP contribution in [0.15, 0.2) is 30.5 Å². The number of nitrogens with zero attached hydrogens (tertiary/aromatic N) is 2. The molecule has 14 heavy (non-hydrogen) atoms. The topological polar surface area (TPSA) is 41.6 Å². The number of aromatic amines is 1. The summed E-state index contributed by atoms with van der Waals surface area (Å²) in [4.78, 5) is 4.29. The van der Waals surface area contributed by atoms with Gasteiger partial charge in [-0.3, -0.25) is 5.10 Å². The molecule has 1 N–H and O–H groups in total. The van der Waals surface area contributed by atoms with Gasteiger partial charge in [-0.25, -0.2) is 4.98 Å². The highest BCUT2D eigenvalue weighted by molar-refractivity contribution is 6.05. The van der Waals surface area contributed by atoms with E-state index in [2.05, 4.69) is 27.3 Å². The van der Waals surface area contributed by atoms with Crippen LogP contribution in [0.25, 0.3) is 21.8 Å². The third-order valence-electron chi connectivity index (χ3n) is 2.48. The molecule has 0 aliphatic heterocycles. The number of hydrogen-bond acceptors (Lipinski definition) is 2. The fraction of sp³-hybridized carbons (Fsp3) is 0.0909. The molecule has 0 atom stereocenters. The number of H-pyrrole nitrogens is 1. The standard InChI is InChI=1S/C11H9N3/c1-7-10-9-5-3-2-4-8(9)6-12-11(10)14-13-7/h2-6H,1H3,(H,12,13,14). The van der Waals surface area contributed by atoms with Crippen molar-refractivity contribution in [3.8, 4) is 0 Å². The van der Waals surface area contributed by atoms with Crippen LogP contribution in [0.3, 0.4) is 0 Å². The van der Waals surface area contributed by atoms with E-state index in [0.29, 0.717) is 0 Å². The van der Waals surface area contributed by atoms with E-state index in [9.17, 15) is 0 Å². The summed E-state index contributed by atoms with van der Waals surface area (Å²) in [7, 11) is 0. The minimum absolute atomic E-state index is 0.793. The van der Waals surface area contributed by atoms with Crippen LogP contribution in [0.5, 0.6) is 0 Å². The number of benzene rings is 1. The molecule has 0 spiro atoms. The van der Waals surface area contributed by atoms with E-state index >= 15 is 0 Å². The van der Waals surface area contributed by atoms with E-state index in [1.807, 2.05) is 25.3 Å². The van der Waals surface area contributed by atoms with Crippen molar-refractivity contribution < 1.29 is 0 Å². The first-order valence-electron chi connectivity index (χ1n) is 4.55. The Bertz CT molecular complexity index is 610. The largest absolute Gasteiger partial charge is 0.280 e. The summed E-state index contributed by atoms with van der Waals surface area (Å²) in [6.45, 7) is 2.02. The van der Waals surface area contributed by atoms with Gasteiger partial charge in [-0.2, -0.15) is 5.10 Å². The van der Waals surface area contributed by atoms with Crippen molar-refractivity contribution in [2.45, 2.75) is 6.92 Å². The maximum absolute atomic E-state index is 4.29. The van der Waals surface area contributed by atoms with Gasteiger partial charge in [0.2, 0.25) is 0 Å². The molecular formula is C11H9N3. The Balaban J connectivity index is 2.65. The number of hydrogen-bond donors (Lipinski definition) is 1. The highest BCUT2D eigenvalue weighted by atomic mass is 15.1. The first-order valence-corrected chi connectivity index (χ1v) is 4.55. The normalized spacial score (nSPS) is 11.2. The molecule has 0 bridgehead atoms. The lowest BCUT2D eigenvalue weighted by Gasteiger charge is -1.97. The third-order valence-corrected chi connectivity index (χ3v) is 2.48. The zero-order valence-corrected chi connectivity index (χ0v) is 7.78. The molecule has 0 aliphatic rings. The van der Waals surface area contributed by atoms with Gasteiger partial charge in [-0.1, -0.05) is 24.3 Å². The molecule has 0 fully saturated rings. The maximum Gasteiger partial charge on any atom is 0.181 e. The number of rotatable bonds is 0. The number of aromatic nitrogens is 3. The van der Waals surface area contributed by atoms with Crippen molar-refractivity contribution in [3.63, 3.8) is 0 Å². The quantitative estimate of drug-likeness (QED) is 0.581. The summed E-state index contributed by atoms with van der Waals surface area (Å²) >= 11 is 0. The Morgan fingerprint density at radius 3 is 3.00 bits per heavy atom. The van der Waals surface area contributed by atoms with Gasteiger partial charge in [-0.05, 0) is 12.3 Å². The van der Waals surface area contributed by atoms with Crippen molar-refractivity contribution in [2.75, 3.05) is 0 Å². The number of aryl methyl sites for hydroxylation is 1. The van der Waals surface area contributed by atoms with Gasteiger partial charge in [0.25, 0.3) is 0 Å². The third kappa shape index (κ3) is 0.865. The minimum Gasteiger partial charge on any atom is -0.280 e. The molecule has 2 heterocycles. The fourth-order valence-corrected chi connectivity index (χ4v) is 1.80. The van der Waals surface area contributed by atoms with Crippen LogP contribution in [0.4, 0.5) is 0 Å². The van der Waals surface area contributed by atoms with Crippen LogP contribution < -0.4 is 0 Å². The number of nitrogens with one attached hydrogen (secondary N) is 1. The first-order chi connectivity index (χ1) is 6.86. The van der Waals surface area contributed by atoms with Crippen molar-refractivity contribution >= 4 is 21.8 Å².